The van der Waals surface area contributed by atoms with Crippen LogP contribution in [0.15, 0.2) is 24.3 Å². The lowest BCUT2D eigenvalue weighted by Gasteiger charge is -2.19. The number of likely N-dealkylation sites (tertiary alicyclic amines) is 1. The summed E-state index contributed by atoms with van der Waals surface area (Å²) in [6.07, 6.45) is -2.39. The lowest BCUT2D eigenvalue weighted by molar-refractivity contribution is -0.137. The Balaban J connectivity index is 1.56. The first-order valence-electron chi connectivity index (χ1n) is 7.68. The summed E-state index contributed by atoms with van der Waals surface area (Å²) in [4.78, 5) is 13.9. The molecule has 2 aliphatic rings. The third-order valence-electron chi connectivity index (χ3n) is 4.79. The smallest absolute Gasteiger partial charge is 0.416 e. The fourth-order valence-electron chi connectivity index (χ4n) is 3.51. The Labute approximate surface area is 132 Å². The summed E-state index contributed by atoms with van der Waals surface area (Å²) < 4.78 is 43.2. The summed E-state index contributed by atoms with van der Waals surface area (Å²) in [7, 11) is 0. The molecule has 3 unspecified atom stereocenters. The van der Waals surface area contributed by atoms with E-state index in [1.165, 1.54) is 12.1 Å². The summed E-state index contributed by atoms with van der Waals surface area (Å²) in [6.45, 7) is 1.04. The van der Waals surface area contributed by atoms with Gasteiger partial charge in [0, 0.05) is 19.1 Å². The molecule has 0 bridgehead atoms. The second kappa shape index (κ2) is 6.03. The Hall–Kier alpha value is -1.76. The zero-order valence-corrected chi connectivity index (χ0v) is 12.6. The Morgan fingerprint density at radius 1 is 1.30 bits per heavy atom. The SMILES string of the molecule is NC1CCC2CN(C(=O)COc3cccc(C(F)(F)F)c3)CC12. The number of nitrogens with two attached hydrogens (primary N) is 1. The van der Waals surface area contributed by atoms with Crippen LogP contribution in [0.2, 0.25) is 0 Å². The molecule has 1 aromatic carbocycles. The van der Waals surface area contributed by atoms with E-state index < -0.39 is 11.7 Å². The molecule has 23 heavy (non-hydrogen) atoms. The molecule has 2 N–H and O–H groups in total. The van der Waals surface area contributed by atoms with Crippen molar-refractivity contribution in [3.63, 3.8) is 0 Å². The van der Waals surface area contributed by atoms with Gasteiger partial charge in [0.1, 0.15) is 5.75 Å². The molecule has 1 heterocycles. The molecule has 1 saturated heterocycles. The minimum absolute atomic E-state index is 0.0456. The molecular formula is C16H19F3N2O2. The van der Waals surface area contributed by atoms with Crippen LogP contribution in [0.3, 0.4) is 0 Å². The maximum Gasteiger partial charge on any atom is 0.416 e. The van der Waals surface area contributed by atoms with Gasteiger partial charge >= 0.3 is 6.18 Å². The van der Waals surface area contributed by atoms with Crippen molar-refractivity contribution >= 4 is 5.91 Å². The van der Waals surface area contributed by atoms with Crippen molar-refractivity contribution in [1.82, 2.24) is 4.90 Å². The van der Waals surface area contributed by atoms with E-state index in [1.54, 1.807) is 4.90 Å². The van der Waals surface area contributed by atoms with E-state index >= 15 is 0 Å². The minimum Gasteiger partial charge on any atom is -0.484 e. The number of fused-ring (bicyclic) bond motifs is 1. The maximum atomic E-state index is 12.6. The first-order valence-corrected chi connectivity index (χ1v) is 7.68. The van der Waals surface area contributed by atoms with Crippen molar-refractivity contribution in [3.05, 3.63) is 29.8 Å². The molecule has 3 rings (SSSR count). The van der Waals surface area contributed by atoms with Gasteiger partial charge in [-0.2, -0.15) is 13.2 Å². The van der Waals surface area contributed by atoms with Gasteiger partial charge in [0.05, 0.1) is 5.56 Å². The number of rotatable bonds is 3. The minimum atomic E-state index is -4.42. The number of carbonyl (C=O) groups excluding carboxylic acids is 1. The van der Waals surface area contributed by atoms with Crippen LogP contribution in [0.1, 0.15) is 18.4 Å². The number of hydrogen-bond acceptors (Lipinski definition) is 3. The highest BCUT2D eigenvalue weighted by Gasteiger charge is 2.42. The van der Waals surface area contributed by atoms with E-state index in [-0.39, 0.29) is 24.3 Å². The van der Waals surface area contributed by atoms with Gasteiger partial charge in [-0.1, -0.05) is 6.07 Å². The molecule has 0 radical (unpaired) electrons. The summed E-state index contributed by atoms with van der Waals surface area (Å²) in [5.74, 6) is 0.628. The van der Waals surface area contributed by atoms with Crippen LogP contribution >= 0.6 is 0 Å². The predicted molar refractivity (Wildman–Crippen MR) is 77.7 cm³/mol. The molecule has 7 heteroatoms. The number of halogens is 3. The van der Waals surface area contributed by atoms with Crippen LogP contribution in [0, 0.1) is 11.8 Å². The van der Waals surface area contributed by atoms with Crippen molar-refractivity contribution in [1.29, 1.82) is 0 Å². The summed E-state index contributed by atoms with van der Waals surface area (Å²) in [6, 6.07) is 4.70. The van der Waals surface area contributed by atoms with Crippen molar-refractivity contribution in [2.45, 2.75) is 25.1 Å². The molecule has 3 atom stereocenters. The second-order valence-corrected chi connectivity index (χ2v) is 6.28. The average molecular weight is 328 g/mol. The first kappa shape index (κ1) is 16.1. The molecule has 1 aromatic rings. The number of benzene rings is 1. The lowest BCUT2D eigenvalue weighted by Crippen LogP contribution is -2.36. The van der Waals surface area contributed by atoms with Crippen LogP contribution in [-0.4, -0.2) is 36.5 Å². The Morgan fingerprint density at radius 2 is 2.09 bits per heavy atom. The van der Waals surface area contributed by atoms with Crippen molar-refractivity contribution in [2.24, 2.45) is 17.6 Å². The number of amides is 1. The second-order valence-electron chi connectivity index (χ2n) is 6.28. The number of hydrogen-bond donors (Lipinski definition) is 1. The van der Waals surface area contributed by atoms with Crippen LogP contribution < -0.4 is 10.5 Å². The van der Waals surface area contributed by atoms with Crippen molar-refractivity contribution < 1.29 is 22.7 Å². The van der Waals surface area contributed by atoms with Crippen LogP contribution in [0.25, 0.3) is 0 Å². The highest BCUT2D eigenvalue weighted by Crippen LogP contribution is 2.37. The van der Waals surface area contributed by atoms with Crippen LogP contribution in [-0.2, 0) is 11.0 Å². The topological polar surface area (TPSA) is 55.6 Å². The van der Waals surface area contributed by atoms with Crippen molar-refractivity contribution in [2.75, 3.05) is 19.7 Å². The van der Waals surface area contributed by atoms with Gasteiger partial charge in [-0.15, -0.1) is 0 Å². The molecule has 0 aromatic heterocycles. The quantitative estimate of drug-likeness (QED) is 0.926. The number of alkyl halides is 3. The molecular weight excluding hydrogens is 309 g/mol. The summed E-state index contributed by atoms with van der Waals surface area (Å²) in [5.41, 5.74) is 5.24. The highest BCUT2D eigenvalue weighted by atomic mass is 19.4. The first-order chi connectivity index (χ1) is 10.8. The maximum absolute atomic E-state index is 12.6. The van der Waals surface area contributed by atoms with E-state index in [9.17, 15) is 18.0 Å². The van der Waals surface area contributed by atoms with Gasteiger partial charge in [0.25, 0.3) is 5.91 Å². The molecule has 1 aliphatic heterocycles. The number of nitrogens with zero attached hydrogens (tertiary/aromatic N) is 1. The largest absolute Gasteiger partial charge is 0.484 e. The van der Waals surface area contributed by atoms with E-state index in [0.717, 1.165) is 25.0 Å². The fraction of sp³-hybridized carbons (Fsp3) is 0.562. The van der Waals surface area contributed by atoms with Crippen LogP contribution in [0.5, 0.6) is 5.75 Å². The predicted octanol–water partition coefficient (Wildman–Crippen LogP) is 2.28. The van der Waals surface area contributed by atoms with E-state index in [4.69, 9.17) is 10.5 Å². The fourth-order valence-corrected chi connectivity index (χ4v) is 3.51. The molecule has 1 aliphatic carbocycles. The molecule has 2 fully saturated rings. The molecule has 0 spiro atoms. The summed E-state index contributed by atoms with van der Waals surface area (Å²) in [5, 5.41) is 0. The Kier molecular flexibility index (Phi) is 4.23. The summed E-state index contributed by atoms with van der Waals surface area (Å²) >= 11 is 0. The van der Waals surface area contributed by atoms with Gasteiger partial charge in [-0.05, 0) is 42.9 Å². The van der Waals surface area contributed by atoms with Crippen LogP contribution in [0.4, 0.5) is 13.2 Å². The van der Waals surface area contributed by atoms with Gasteiger partial charge in [-0.3, -0.25) is 4.79 Å². The van der Waals surface area contributed by atoms with Gasteiger partial charge in [-0.25, -0.2) is 0 Å². The standard InChI is InChI=1S/C16H19F3N2O2/c17-16(18,19)11-2-1-3-12(6-11)23-9-15(22)21-7-10-4-5-14(20)13(10)8-21/h1-3,6,10,13-14H,4-5,7-9,20H2. The molecule has 1 saturated carbocycles. The Morgan fingerprint density at radius 3 is 2.78 bits per heavy atom. The van der Waals surface area contributed by atoms with Gasteiger partial charge in [0.2, 0.25) is 0 Å². The van der Waals surface area contributed by atoms with Crippen molar-refractivity contribution in [3.8, 4) is 5.75 Å². The zero-order valence-electron chi connectivity index (χ0n) is 12.6. The lowest BCUT2D eigenvalue weighted by atomic mass is 9.98. The third-order valence-corrected chi connectivity index (χ3v) is 4.79. The molecule has 1 amide bonds. The average Bonchev–Trinajstić information content (AvgIpc) is 3.07. The third kappa shape index (κ3) is 3.44. The highest BCUT2D eigenvalue weighted by molar-refractivity contribution is 5.78. The molecule has 126 valence electrons. The number of carbonyl (C=O) groups is 1. The van der Waals surface area contributed by atoms with Gasteiger partial charge in [0.15, 0.2) is 6.61 Å². The Bertz CT molecular complexity index is 591. The van der Waals surface area contributed by atoms with E-state index in [2.05, 4.69) is 0 Å². The number of ether oxygens (including phenoxy) is 1. The van der Waals surface area contributed by atoms with E-state index in [1.807, 2.05) is 0 Å². The molecule has 4 nitrogen and oxygen atoms in total. The normalized spacial score (nSPS) is 27.1. The zero-order chi connectivity index (χ0) is 16.6. The monoisotopic (exact) mass is 328 g/mol. The van der Waals surface area contributed by atoms with Gasteiger partial charge < -0.3 is 15.4 Å². The van der Waals surface area contributed by atoms with E-state index in [0.29, 0.717) is 24.9 Å².